The molecule has 1 aliphatic carbocycles. The number of ether oxygens (including phenoxy) is 4. The molecule has 0 amide bonds. The summed E-state index contributed by atoms with van der Waals surface area (Å²) in [5.41, 5.74) is 5.02. The van der Waals surface area contributed by atoms with Crippen molar-refractivity contribution in [1.82, 2.24) is 0 Å². The van der Waals surface area contributed by atoms with Crippen molar-refractivity contribution >= 4 is 0 Å². The maximum atomic E-state index is 5.57. The summed E-state index contributed by atoms with van der Waals surface area (Å²) < 4.78 is 22.1. The van der Waals surface area contributed by atoms with Gasteiger partial charge in [0.2, 0.25) is 6.79 Å². The molecule has 1 aliphatic heterocycles. The third-order valence-electron chi connectivity index (χ3n) is 4.64. The van der Waals surface area contributed by atoms with E-state index in [4.69, 9.17) is 18.9 Å². The fourth-order valence-corrected chi connectivity index (χ4v) is 3.45. The predicted molar refractivity (Wildman–Crippen MR) is 87.7 cm³/mol. The van der Waals surface area contributed by atoms with Crippen molar-refractivity contribution < 1.29 is 18.9 Å². The van der Waals surface area contributed by atoms with E-state index in [1.807, 2.05) is 0 Å². The lowest BCUT2D eigenvalue weighted by Gasteiger charge is -2.20. The Kier molecular flexibility index (Phi) is 3.52. The minimum atomic E-state index is 0.303. The molecule has 0 fully saturated rings. The molecule has 0 N–H and O–H groups in total. The first-order valence-corrected chi connectivity index (χ1v) is 7.98. The van der Waals surface area contributed by atoms with Crippen LogP contribution < -0.4 is 18.9 Å². The molecule has 120 valence electrons. The molecule has 2 aromatic rings. The van der Waals surface area contributed by atoms with Gasteiger partial charge in [-0.15, -0.1) is 0 Å². The Morgan fingerprint density at radius 1 is 0.739 bits per heavy atom. The molecule has 0 unspecified atom stereocenters. The molecule has 0 atom stereocenters. The molecule has 23 heavy (non-hydrogen) atoms. The maximum Gasteiger partial charge on any atom is 0.231 e. The normalized spacial score (nSPS) is 15.2. The van der Waals surface area contributed by atoms with Gasteiger partial charge < -0.3 is 18.9 Å². The van der Waals surface area contributed by atoms with Gasteiger partial charge in [0.1, 0.15) is 0 Å². The second kappa shape index (κ2) is 5.69. The van der Waals surface area contributed by atoms with E-state index in [9.17, 15) is 0 Å². The van der Waals surface area contributed by atoms with Crippen LogP contribution in [0.15, 0.2) is 24.3 Å². The van der Waals surface area contributed by atoms with Gasteiger partial charge in [-0.2, -0.15) is 0 Å². The van der Waals surface area contributed by atoms with E-state index in [-0.39, 0.29) is 0 Å². The van der Waals surface area contributed by atoms with E-state index < -0.39 is 0 Å². The topological polar surface area (TPSA) is 36.9 Å². The Morgan fingerprint density at radius 2 is 1.30 bits per heavy atom. The molecule has 2 aliphatic rings. The Balaban J connectivity index is 1.94. The summed E-state index contributed by atoms with van der Waals surface area (Å²) in [6.45, 7) is 0.303. The molecule has 2 aromatic carbocycles. The van der Waals surface area contributed by atoms with Crippen molar-refractivity contribution in [1.29, 1.82) is 0 Å². The van der Waals surface area contributed by atoms with E-state index in [0.29, 0.717) is 6.79 Å². The van der Waals surface area contributed by atoms with Gasteiger partial charge >= 0.3 is 0 Å². The second-order valence-corrected chi connectivity index (χ2v) is 5.93. The van der Waals surface area contributed by atoms with E-state index in [2.05, 4.69) is 24.3 Å². The molecule has 0 bridgehead atoms. The SMILES string of the molecule is COc1cc2c(cc1OC)-c1cc3c(cc1CCCC2)OCO3. The third-order valence-corrected chi connectivity index (χ3v) is 4.64. The van der Waals surface area contributed by atoms with Crippen molar-refractivity contribution in [2.24, 2.45) is 0 Å². The number of aryl methyl sites for hydroxylation is 2. The van der Waals surface area contributed by atoms with Crippen LogP contribution in [0.3, 0.4) is 0 Å². The quantitative estimate of drug-likeness (QED) is 0.840. The summed E-state index contributed by atoms with van der Waals surface area (Å²) in [6, 6.07) is 8.42. The van der Waals surface area contributed by atoms with Crippen LogP contribution in [-0.2, 0) is 12.8 Å². The van der Waals surface area contributed by atoms with E-state index in [1.165, 1.54) is 28.7 Å². The highest BCUT2D eigenvalue weighted by atomic mass is 16.7. The third kappa shape index (κ3) is 2.38. The van der Waals surface area contributed by atoms with Crippen LogP contribution in [0.25, 0.3) is 11.1 Å². The van der Waals surface area contributed by atoms with Crippen LogP contribution in [0.2, 0.25) is 0 Å². The fourth-order valence-electron chi connectivity index (χ4n) is 3.45. The predicted octanol–water partition coefficient (Wildman–Crippen LogP) is 3.98. The Hall–Kier alpha value is -2.36. The average Bonchev–Trinajstić information content (AvgIpc) is 3.02. The van der Waals surface area contributed by atoms with Crippen LogP contribution in [-0.4, -0.2) is 21.0 Å². The van der Waals surface area contributed by atoms with Gasteiger partial charge in [0.15, 0.2) is 23.0 Å². The number of hydrogen-bond acceptors (Lipinski definition) is 4. The van der Waals surface area contributed by atoms with Crippen LogP contribution >= 0.6 is 0 Å². The lowest BCUT2D eigenvalue weighted by atomic mass is 9.87. The zero-order chi connectivity index (χ0) is 15.8. The number of rotatable bonds is 2. The molecule has 4 rings (SSSR count). The minimum absolute atomic E-state index is 0.303. The number of hydrogen-bond donors (Lipinski definition) is 0. The number of methoxy groups -OCH3 is 2. The lowest BCUT2D eigenvalue weighted by molar-refractivity contribution is 0.174. The zero-order valence-electron chi connectivity index (χ0n) is 13.5. The standard InChI is InChI=1S/C19H20O4/c1-20-16-7-12-5-3-4-6-13-8-18-19(23-11-22-18)10-15(13)14(12)9-17(16)21-2/h7-10H,3-6,11H2,1-2H3. The first-order valence-electron chi connectivity index (χ1n) is 7.98. The molecule has 0 aromatic heterocycles. The van der Waals surface area contributed by atoms with E-state index in [0.717, 1.165) is 42.3 Å². The molecule has 0 radical (unpaired) electrons. The van der Waals surface area contributed by atoms with Crippen molar-refractivity contribution in [2.45, 2.75) is 25.7 Å². The fraction of sp³-hybridized carbons (Fsp3) is 0.368. The molecule has 4 nitrogen and oxygen atoms in total. The van der Waals surface area contributed by atoms with Gasteiger partial charge in [0.05, 0.1) is 14.2 Å². The average molecular weight is 312 g/mol. The molecular formula is C19H20O4. The molecule has 0 saturated carbocycles. The number of fused-ring (bicyclic) bond motifs is 4. The number of benzene rings is 2. The van der Waals surface area contributed by atoms with Crippen molar-refractivity contribution in [3.63, 3.8) is 0 Å². The molecule has 0 spiro atoms. The van der Waals surface area contributed by atoms with Crippen LogP contribution in [0.1, 0.15) is 24.0 Å². The summed E-state index contributed by atoms with van der Waals surface area (Å²) in [5, 5.41) is 0. The molecule has 0 saturated heterocycles. The summed E-state index contributed by atoms with van der Waals surface area (Å²) in [4.78, 5) is 0. The largest absolute Gasteiger partial charge is 0.493 e. The van der Waals surface area contributed by atoms with Gasteiger partial charge in [-0.25, -0.2) is 0 Å². The van der Waals surface area contributed by atoms with E-state index in [1.54, 1.807) is 14.2 Å². The Bertz CT molecular complexity index is 752. The highest BCUT2D eigenvalue weighted by Crippen LogP contribution is 2.44. The van der Waals surface area contributed by atoms with Gasteiger partial charge in [-0.05, 0) is 72.2 Å². The van der Waals surface area contributed by atoms with Gasteiger partial charge in [0, 0.05) is 0 Å². The maximum absolute atomic E-state index is 5.57. The van der Waals surface area contributed by atoms with Crippen LogP contribution in [0, 0.1) is 0 Å². The minimum Gasteiger partial charge on any atom is -0.493 e. The van der Waals surface area contributed by atoms with Crippen molar-refractivity contribution in [3.05, 3.63) is 35.4 Å². The first kappa shape index (κ1) is 14.2. The van der Waals surface area contributed by atoms with Gasteiger partial charge in [-0.3, -0.25) is 0 Å². The summed E-state index contributed by atoms with van der Waals surface area (Å²) >= 11 is 0. The monoisotopic (exact) mass is 312 g/mol. The molecular weight excluding hydrogens is 292 g/mol. The Labute approximate surface area is 135 Å². The summed E-state index contributed by atoms with van der Waals surface area (Å²) in [5.74, 6) is 3.22. The van der Waals surface area contributed by atoms with Gasteiger partial charge in [0.25, 0.3) is 0 Å². The molecule has 4 heteroatoms. The lowest BCUT2D eigenvalue weighted by Crippen LogP contribution is -2.02. The van der Waals surface area contributed by atoms with Crippen molar-refractivity contribution in [2.75, 3.05) is 21.0 Å². The van der Waals surface area contributed by atoms with Gasteiger partial charge in [-0.1, -0.05) is 0 Å². The van der Waals surface area contributed by atoms with Crippen LogP contribution in [0.5, 0.6) is 23.0 Å². The Morgan fingerprint density at radius 3 is 2.00 bits per heavy atom. The highest BCUT2D eigenvalue weighted by molar-refractivity contribution is 5.77. The summed E-state index contributed by atoms with van der Waals surface area (Å²) in [6.07, 6.45) is 4.43. The smallest absolute Gasteiger partial charge is 0.231 e. The zero-order valence-corrected chi connectivity index (χ0v) is 13.5. The van der Waals surface area contributed by atoms with E-state index >= 15 is 0 Å². The first-order chi connectivity index (χ1) is 11.3. The highest BCUT2D eigenvalue weighted by Gasteiger charge is 2.22. The second-order valence-electron chi connectivity index (χ2n) is 5.93. The van der Waals surface area contributed by atoms with Crippen LogP contribution in [0.4, 0.5) is 0 Å². The molecule has 1 heterocycles. The van der Waals surface area contributed by atoms with Crippen molar-refractivity contribution in [3.8, 4) is 34.1 Å². The summed E-state index contributed by atoms with van der Waals surface area (Å²) in [7, 11) is 3.35.